The van der Waals surface area contributed by atoms with Crippen molar-refractivity contribution in [2.24, 2.45) is 11.3 Å². The summed E-state index contributed by atoms with van der Waals surface area (Å²) in [6, 6.07) is 0. The minimum absolute atomic E-state index is 0.139. The zero-order valence-electron chi connectivity index (χ0n) is 12.1. The van der Waals surface area contributed by atoms with Crippen LogP contribution >= 0.6 is 0 Å². The first-order valence-electron chi connectivity index (χ1n) is 6.99. The zero-order chi connectivity index (χ0) is 13.1. The molecule has 2 nitrogen and oxygen atoms in total. The summed E-state index contributed by atoms with van der Waals surface area (Å²) in [5, 5.41) is 0. The molecule has 2 heteroatoms. The van der Waals surface area contributed by atoms with E-state index in [-0.39, 0.29) is 11.2 Å². The Morgan fingerprint density at radius 3 is 2.47 bits per heavy atom. The summed E-state index contributed by atoms with van der Waals surface area (Å²) in [5.74, 6) is 0.582. The molecule has 0 saturated heterocycles. The molecule has 2 atom stereocenters. The molecule has 1 saturated carbocycles. The van der Waals surface area contributed by atoms with E-state index < -0.39 is 5.60 Å². The normalized spacial score (nSPS) is 30.3. The Morgan fingerprint density at radius 1 is 1.35 bits per heavy atom. The van der Waals surface area contributed by atoms with E-state index in [1.165, 1.54) is 6.42 Å². The van der Waals surface area contributed by atoms with Crippen LogP contribution < -0.4 is 0 Å². The van der Waals surface area contributed by atoms with Gasteiger partial charge in [-0.05, 0) is 37.5 Å². The maximum atomic E-state index is 12.2. The SMILES string of the molecule is CCCOC1(C(C)=O)CCCCC1C(C)(C)C. The first kappa shape index (κ1) is 14.7. The summed E-state index contributed by atoms with van der Waals surface area (Å²) in [5.41, 5.74) is -0.369. The van der Waals surface area contributed by atoms with E-state index in [4.69, 9.17) is 4.74 Å². The van der Waals surface area contributed by atoms with Gasteiger partial charge in [0.25, 0.3) is 0 Å². The van der Waals surface area contributed by atoms with Crippen LogP contribution in [-0.2, 0) is 9.53 Å². The highest BCUT2D eigenvalue weighted by molar-refractivity contribution is 5.85. The fraction of sp³-hybridized carbons (Fsp3) is 0.933. The quantitative estimate of drug-likeness (QED) is 0.743. The van der Waals surface area contributed by atoms with Crippen molar-refractivity contribution >= 4 is 5.78 Å². The van der Waals surface area contributed by atoms with Gasteiger partial charge in [-0.3, -0.25) is 4.79 Å². The Kier molecular flexibility index (Phi) is 4.77. The summed E-state index contributed by atoms with van der Waals surface area (Å²) >= 11 is 0. The maximum Gasteiger partial charge on any atom is 0.161 e. The molecule has 0 heterocycles. The Balaban J connectivity index is 3.00. The number of ether oxygens (including phenoxy) is 1. The third-order valence-electron chi connectivity index (χ3n) is 4.06. The molecule has 1 aliphatic carbocycles. The molecule has 1 fully saturated rings. The summed E-state index contributed by atoms with van der Waals surface area (Å²) in [7, 11) is 0. The lowest BCUT2D eigenvalue weighted by molar-refractivity contribution is -0.167. The predicted molar refractivity (Wildman–Crippen MR) is 71.1 cm³/mol. The molecule has 2 unspecified atom stereocenters. The van der Waals surface area contributed by atoms with E-state index >= 15 is 0 Å². The molecular formula is C15H28O2. The van der Waals surface area contributed by atoms with Gasteiger partial charge in [0, 0.05) is 6.61 Å². The molecule has 0 bridgehead atoms. The smallest absolute Gasteiger partial charge is 0.161 e. The third-order valence-corrected chi connectivity index (χ3v) is 4.06. The molecule has 0 spiro atoms. The topological polar surface area (TPSA) is 26.3 Å². The van der Waals surface area contributed by atoms with Crippen LogP contribution in [0.5, 0.6) is 0 Å². The van der Waals surface area contributed by atoms with Crippen molar-refractivity contribution in [3.05, 3.63) is 0 Å². The van der Waals surface area contributed by atoms with Gasteiger partial charge in [-0.1, -0.05) is 40.5 Å². The first-order valence-corrected chi connectivity index (χ1v) is 6.99. The largest absolute Gasteiger partial charge is 0.367 e. The molecule has 17 heavy (non-hydrogen) atoms. The lowest BCUT2D eigenvalue weighted by atomic mass is 9.62. The number of hydrogen-bond acceptors (Lipinski definition) is 2. The highest BCUT2D eigenvalue weighted by Gasteiger charge is 2.50. The molecule has 0 aromatic heterocycles. The average molecular weight is 240 g/mol. The van der Waals surface area contributed by atoms with Gasteiger partial charge in [-0.2, -0.15) is 0 Å². The molecule has 1 aliphatic rings. The number of rotatable bonds is 4. The Morgan fingerprint density at radius 2 is 2.00 bits per heavy atom. The Bertz CT molecular complexity index is 265. The van der Waals surface area contributed by atoms with Crippen molar-refractivity contribution in [1.82, 2.24) is 0 Å². The van der Waals surface area contributed by atoms with E-state index in [1.54, 1.807) is 6.92 Å². The summed E-state index contributed by atoms with van der Waals surface area (Å²) in [6.07, 6.45) is 5.35. The minimum Gasteiger partial charge on any atom is -0.367 e. The maximum absolute atomic E-state index is 12.2. The van der Waals surface area contributed by atoms with Gasteiger partial charge >= 0.3 is 0 Å². The zero-order valence-corrected chi connectivity index (χ0v) is 12.1. The van der Waals surface area contributed by atoms with Crippen LogP contribution in [0.1, 0.15) is 66.7 Å². The lowest BCUT2D eigenvalue weighted by Crippen LogP contribution is -2.53. The molecule has 0 aromatic rings. The van der Waals surface area contributed by atoms with Crippen LogP contribution in [0.2, 0.25) is 0 Å². The molecule has 0 amide bonds. The first-order chi connectivity index (χ1) is 7.84. The summed E-state index contributed by atoms with van der Waals surface area (Å²) < 4.78 is 6.07. The van der Waals surface area contributed by atoms with Crippen LogP contribution in [0.3, 0.4) is 0 Å². The van der Waals surface area contributed by atoms with Crippen molar-refractivity contribution in [2.45, 2.75) is 72.3 Å². The molecule has 0 radical (unpaired) electrons. The molecule has 0 aromatic carbocycles. The number of Topliss-reactive ketones (excluding diaryl/α,β-unsaturated/α-hetero) is 1. The van der Waals surface area contributed by atoms with Crippen molar-refractivity contribution in [3.63, 3.8) is 0 Å². The monoisotopic (exact) mass is 240 g/mol. The second kappa shape index (κ2) is 5.51. The molecule has 0 aliphatic heterocycles. The van der Waals surface area contributed by atoms with Crippen LogP contribution in [0.25, 0.3) is 0 Å². The van der Waals surface area contributed by atoms with Crippen LogP contribution in [0, 0.1) is 11.3 Å². The minimum atomic E-state index is -0.507. The average Bonchev–Trinajstić information content (AvgIpc) is 2.25. The van der Waals surface area contributed by atoms with Crippen molar-refractivity contribution in [3.8, 4) is 0 Å². The van der Waals surface area contributed by atoms with Crippen molar-refractivity contribution < 1.29 is 9.53 Å². The standard InChI is InChI=1S/C15H28O2/c1-6-11-17-15(12(2)16)10-8-7-9-13(15)14(3,4)5/h13H,6-11H2,1-5H3. The fourth-order valence-corrected chi connectivity index (χ4v) is 3.26. The number of ketones is 1. The van der Waals surface area contributed by atoms with Gasteiger partial charge in [0.1, 0.15) is 5.60 Å². The van der Waals surface area contributed by atoms with Crippen LogP contribution in [0.15, 0.2) is 0 Å². The van der Waals surface area contributed by atoms with Crippen molar-refractivity contribution in [2.75, 3.05) is 6.61 Å². The number of hydrogen-bond donors (Lipinski definition) is 0. The van der Waals surface area contributed by atoms with Gasteiger partial charge < -0.3 is 4.74 Å². The van der Waals surface area contributed by atoms with Gasteiger partial charge in [-0.15, -0.1) is 0 Å². The van der Waals surface area contributed by atoms with Crippen LogP contribution in [0.4, 0.5) is 0 Å². The number of carbonyl (C=O) groups excluding carboxylic acids is 1. The highest BCUT2D eigenvalue weighted by Crippen LogP contribution is 2.47. The highest BCUT2D eigenvalue weighted by atomic mass is 16.5. The van der Waals surface area contributed by atoms with E-state index in [0.717, 1.165) is 25.7 Å². The van der Waals surface area contributed by atoms with Gasteiger partial charge in [-0.25, -0.2) is 0 Å². The Labute approximate surface area is 106 Å². The Hall–Kier alpha value is -0.370. The van der Waals surface area contributed by atoms with E-state index in [1.807, 2.05) is 0 Å². The van der Waals surface area contributed by atoms with Gasteiger partial charge in [0.05, 0.1) is 0 Å². The molecule has 0 N–H and O–H groups in total. The van der Waals surface area contributed by atoms with Gasteiger partial charge in [0.15, 0.2) is 5.78 Å². The van der Waals surface area contributed by atoms with E-state index in [2.05, 4.69) is 27.7 Å². The number of carbonyl (C=O) groups is 1. The van der Waals surface area contributed by atoms with Crippen molar-refractivity contribution in [1.29, 1.82) is 0 Å². The third kappa shape index (κ3) is 3.09. The predicted octanol–water partition coefficient (Wildman–Crippen LogP) is 3.98. The van der Waals surface area contributed by atoms with E-state index in [0.29, 0.717) is 12.5 Å². The lowest BCUT2D eigenvalue weighted by Gasteiger charge is -2.48. The van der Waals surface area contributed by atoms with Crippen LogP contribution in [-0.4, -0.2) is 18.0 Å². The second-order valence-electron chi connectivity index (χ2n) is 6.46. The molecule has 1 rings (SSSR count). The van der Waals surface area contributed by atoms with E-state index in [9.17, 15) is 4.79 Å². The summed E-state index contributed by atoms with van der Waals surface area (Å²) in [4.78, 5) is 12.2. The van der Waals surface area contributed by atoms with Gasteiger partial charge in [0.2, 0.25) is 0 Å². The summed E-state index contributed by atoms with van der Waals surface area (Å²) in [6.45, 7) is 11.2. The fourth-order valence-electron chi connectivity index (χ4n) is 3.26. The molecule has 100 valence electrons. The second-order valence-corrected chi connectivity index (χ2v) is 6.46. The molecular weight excluding hydrogens is 212 g/mol.